The van der Waals surface area contributed by atoms with Crippen LogP contribution in [0.15, 0.2) is 12.2 Å². The summed E-state index contributed by atoms with van der Waals surface area (Å²) in [5, 5.41) is 0. The van der Waals surface area contributed by atoms with Crippen molar-refractivity contribution < 1.29 is 22.1 Å². The van der Waals surface area contributed by atoms with Crippen LogP contribution in [0, 0.1) is 5.41 Å². The van der Waals surface area contributed by atoms with Crippen molar-refractivity contribution in [2.45, 2.75) is 19.8 Å². The SMILES string of the molecule is CCOC(=O)C=CC1(COS(C)(=O)=O)CC1. The minimum absolute atomic E-state index is 0.0989. The summed E-state index contributed by atoms with van der Waals surface area (Å²) >= 11 is 0. The molecule has 0 atom stereocenters. The first-order chi connectivity index (χ1) is 7.37. The Bertz CT molecular complexity index is 378. The van der Waals surface area contributed by atoms with Crippen molar-refractivity contribution in [3.63, 3.8) is 0 Å². The van der Waals surface area contributed by atoms with Crippen molar-refractivity contribution in [3.8, 4) is 0 Å². The summed E-state index contributed by atoms with van der Waals surface area (Å²) < 4.78 is 31.1. The monoisotopic (exact) mass is 248 g/mol. The molecular weight excluding hydrogens is 232 g/mol. The van der Waals surface area contributed by atoms with Crippen molar-refractivity contribution in [1.29, 1.82) is 0 Å². The molecule has 92 valence electrons. The first-order valence-corrected chi connectivity index (χ1v) is 6.89. The summed E-state index contributed by atoms with van der Waals surface area (Å²) in [7, 11) is -3.42. The molecule has 0 spiro atoms. The summed E-state index contributed by atoms with van der Waals surface area (Å²) in [4.78, 5) is 11.1. The highest BCUT2D eigenvalue weighted by Gasteiger charge is 2.41. The standard InChI is InChI=1S/C10H16O5S/c1-3-14-9(11)4-5-10(6-7-10)8-15-16(2,12)13/h4-5H,3,6-8H2,1-2H3. The molecule has 0 aliphatic heterocycles. The summed E-state index contributed by atoms with van der Waals surface area (Å²) in [5.74, 6) is -0.409. The highest BCUT2D eigenvalue weighted by Crippen LogP contribution is 2.47. The largest absolute Gasteiger partial charge is 0.463 e. The molecular formula is C10H16O5S. The van der Waals surface area contributed by atoms with E-state index in [9.17, 15) is 13.2 Å². The van der Waals surface area contributed by atoms with Gasteiger partial charge in [-0.25, -0.2) is 4.79 Å². The molecule has 0 aromatic carbocycles. The van der Waals surface area contributed by atoms with Crippen LogP contribution < -0.4 is 0 Å². The Hall–Kier alpha value is -0.880. The fourth-order valence-corrected chi connectivity index (χ4v) is 1.63. The van der Waals surface area contributed by atoms with Gasteiger partial charge >= 0.3 is 5.97 Å². The highest BCUT2D eigenvalue weighted by molar-refractivity contribution is 7.85. The van der Waals surface area contributed by atoms with Gasteiger partial charge in [0.1, 0.15) is 0 Å². The molecule has 0 radical (unpaired) electrons. The molecule has 0 unspecified atom stereocenters. The predicted molar refractivity (Wildman–Crippen MR) is 58.2 cm³/mol. The van der Waals surface area contributed by atoms with Crippen LogP contribution in [0.4, 0.5) is 0 Å². The van der Waals surface area contributed by atoms with E-state index < -0.39 is 16.1 Å². The number of carbonyl (C=O) groups is 1. The van der Waals surface area contributed by atoms with Gasteiger partial charge in [-0.3, -0.25) is 4.18 Å². The van der Waals surface area contributed by atoms with Crippen molar-refractivity contribution in [2.75, 3.05) is 19.5 Å². The van der Waals surface area contributed by atoms with Gasteiger partial charge in [0, 0.05) is 11.5 Å². The molecule has 1 aliphatic rings. The van der Waals surface area contributed by atoms with Gasteiger partial charge in [-0.15, -0.1) is 0 Å². The molecule has 1 saturated carbocycles. The van der Waals surface area contributed by atoms with Crippen LogP contribution in [0.25, 0.3) is 0 Å². The number of esters is 1. The Morgan fingerprint density at radius 2 is 2.06 bits per heavy atom. The summed E-state index contributed by atoms with van der Waals surface area (Å²) in [6.45, 7) is 2.16. The van der Waals surface area contributed by atoms with E-state index >= 15 is 0 Å². The van der Waals surface area contributed by atoms with Gasteiger partial charge in [-0.2, -0.15) is 8.42 Å². The maximum Gasteiger partial charge on any atom is 0.330 e. The Morgan fingerprint density at radius 1 is 1.44 bits per heavy atom. The number of carbonyl (C=O) groups excluding carboxylic acids is 1. The second-order valence-corrected chi connectivity index (χ2v) is 5.56. The zero-order chi connectivity index (χ0) is 12.2. The van der Waals surface area contributed by atoms with Crippen LogP contribution in [0.2, 0.25) is 0 Å². The van der Waals surface area contributed by atoms with Crippen LogP contribution in [-0.2, 0) is 23.8 Å². The topological polar surface area (TPSA) is 69.7 Å². The predicted octanol–water partition coefficient (Wildman–Crippen LogP) is 0.862. The van der Waals surface area contributed by atoms with E-state index in [4.69, 9.17) is 8.92 Å². The van der Waals surface area contributed by atoms with Crippen molar-refractivity contribution >= 4 is 16.1 Å². The fraction of sp³-hybridized carbons (Fsp3) is 0.700. The Kier molecular flexibility index (Phi) is 4.09. The third-order valence-electron chi connectivity index (χ3n) is 2.31. The van der Waals surface area contributed by atoms with E-state index in [1.807, 2.05) is 0 Å². The minimum Gasteiger partial charge on any atom is -0.463 e. The van der Waals surface area contributed by atoms with Gasteiger partial charge in [0.2, 0.25) is 0 Å². The molecule has 0 aromatic heterocycles. The second-order valence-electron chi connectivity index (χ2n) is 3.91. The maximum atomic E-state index is 11.1. The van der Waals surface area contributed by atoms with E-state index in [-0.39, 0.29) is 12.0 Å². The van der Waals surface area contributed by atoms with Crippen LogP contribution >= 0.6 is 0 Å². The Balaban J connectivity index is 2.44. The number of hydrogen-bond donors (Lipinski definition) is 0. The molecule has 5 nitrogen and oxygen atoms in total. The van der Waals surface area contributed by atoms with Gasteiger partial charge in [-0.05, 0) is 19.8 Å². The second kappa shape index (κ2) is 4.97. The molecule has 0 saturated heterocycles. The van der Waals surface area contributed by atoms with Crippen LogP contribution in [-0.4, -0.2) is 33.9 Å². The summed E-state index contributed by atoms with van der Waals surface area (Å²) in [6.07, 6.45) is 5.69. The molecule has 0 amide bonds. The Labute approximate surface area is 95.6 Å². The molecule has 0 bridgehead atoms. The molecule has 0 aromatic rings. The first-order valence-electron chi connectivity index (χ1n) is 5.07. The molecule has 1 fully saturated rings. The molecule has 16 heavy (non-hydrogen) atoms. The van der Waals surface area contributed by atoms with Gasteiger partial charge in [-0.1, -0.05) is 6.08 Å². The lowest BCUT2D eigenvalue weighted by atomic mass is 10.1. The molecule has 6 heteroatoms. The van der Waals surface area contributed by atoms with Crippen LogP contribution in [0.3, 0.4) is 0 Å². The highest BCUT2D eigenvalue weighted by atomic mass is 32.2. The molecule has 1 aliphatic carbocycles. The quantitative estimate of drug-likeness (QED) is 0.396. The maximum absolute atomic E-state index is 11.1. The van der Waals surface area contributed by atoms with Gasteiger partial charge in [0.15, 0.2) is 0 Å². The third kappa shape index (κ3) is 4.76. The molecule has 0 N–H and O–H groups in total. The normalized spacial score (nSPS) is 18.6. The van der Waals surface area contributed by atoms with Gasteiger partial charge < -0.3 is 4.74 Å². The van der Waals surface area contributed by atoms with Crippen molar-refractivity contribution in [1.82, 2.24) is 0 Å². The lowest BCUT2D eigenvalue weighted by Gasteiger charge is -2.08. The number of ether oxygens (including phenoxy) is 1. The van der Waals surface area contributed by atoms with Crippen molar-refractivity contribution in [3.05, 3.63) is 12.2 Å². The third-order valence-corrected chi connectivity index (χ3v) is 2.86. The average molecular weight is 248 g/mol. The van der Waals surface area contributed by atoms with E-state index in [1.54, 1.807) is 13.0 Å². The van der Waals surface area contributed by atoms with Crippen molar-refractivity contribution in [2.24, 2.45) is 5.41 Å². The summed E-state index contributed by atoms with van der Waals surface area (Å²) in [6, 6.07) is 0. The lowest BCUT2D eigenvalue weighted by Crippen LogP contribution is -2.13. The molecule has 1 rings (SSSR count). The number of hydrogen-bond acceptors (Lipinski definition) is 5. The molecule has 0 heterocycles. The first kappa shape index (κ1) is 13.2. The van der Waals surface area contributed by atoms with E-state index in [0.29, 0.717) is 6.61 Å². The Morgan fingerprint density at radius 3 is 2.50 bits per heavy atom. The van der Waals surface area contributed by atoms with Crippen LogP contribution in [0.5, 0.6) is 0 Å². The lowest BCUT2D eigenvalue weighted by molar-refractivity contribution is -0.137. The fourth-order valence-electron chi connectivity index (χ4n) is 1.18. The zero-order valence-electron chi connectivity index (χ0n) is 9.43. The minimum atomic E-state index is -3.42. The zero-order valence-corrected chi connectivity index (χ0v) is 10.2. The van der Waals surface area contributed by atoms with E-state index in [1.165, 1.54) is 6.08 Å². The van der Waals surface area contributed by atoms with Crippen LogP contribution in [0.1, 0.15) is 19.8 Å². The smallest absolute Gasteiger partial charge is 0.330 e. The van der Waals surface area contributed by atoms with E-state index in [2.05, 4.69) is 0 Å². The average Bonchev–Trinajstić information content (AvgIpc) is 2.92. The van der Waals surface area contributed by atoms with Gasteiger partial charge in [0.25, 0.3) is 10.1 Å². The summed E-state index contributed by atoms with van der Waals surface area (Å²) in [5.41, 5.74) is -0.296. The number of rotatable bonds is 6. The van der Waals surface area contributed by atoms with E-state index in [0.717, 1.165) is 19.1 Å². The van der Waals surface area contributed by atoms with Gasteiger partial charge in [0.05, 0.1) is 19.5 Å².